The molecule has 7 nitrogen and oxygen atoms in total. The summed E-state index contributed by atoms with van der Waals surface area (Å²) in [7, 11) is 1.41. The van der Waals surface area contributed by atoms with Crippen LogP contribution >= 0.6 is 0 Å². The largest absolute Gasteiger partial charge is 0.508 e. The molecule has 0 aromatic heterocycles. The van der Waals surface area contributed by atoms with Gasteiger partial charge in [-0.25, -0.2) is 4.79 Å². The lowest BCUT2D eigenvalue weighted by Gasteiger charge is -2.24. The van der Waals surface area contributed by atoms with E-state index in [9.17, 15) is 33.0 Å². The summed E-state index contributed by atoms with van der Waals surface area (Å²) in [6.45, 7) is 1.95. The lowest BCUT2D eigenvalue weighted by molar-refractivity contribution is -0.138. The number of phenols is 1. The molecular weight excluding hydrogens is 489 g/mol. The highest BCUT2D eigenvalue weighted by Gasteiger charge is 2.31. The summed E-state index contributed by atoms with van der Waals surface area (Å²) in [6.07, 6.45) is -4.87. The van der Waals surface area contributed by atoms with Crippen LogP contribution in [0.5, 0.6) is 11.5 Å². The molecule has 0 bridgehead atoms. The number of halogens is 3. The predicted octanol–water partition coefficient (Wildman–Crippen LogP) is 5.45. The van der Waals surface area contributed by atoms with Crippen molar-refractivity contribution in [1.29, 1.82) is 0 Å². The zero-order valence-electron chi connectivity index (χ0n) is 20.3. The first kappa shape index (κ1) is 27.4. The lowest BCUT2D eigenvalue weighted by atomic mass is 9.94. The Morgan fingerprint density at radius 1 is 0.973 bits per heavy atom. The molecule has 2 amide bonds. The average Bonchev–Trinajstić information content (AvgIpc) is 2.85. The molecule has 3 aromatic carbocycles. The Labute approximate surface area is 212 Å². The van der Waals surface area contributed by atoms with E-state index in [0.29, 0.717) is 22.4 Å². The Morgan fingerprint density at radius 2 is 1.65 bits per heavy atom. The van der Waals surface area contributed by atoms with Gasteiger partial charge in [0.05, 0.1) is 19.1 Å². The highest BCUT2D eigenvalue weighted by molar-refractivity contribution is 5.78. The fourth-order valence-corrected chi connectivity index (χ4v) is 3.85. The van der Waals surface area contributed by atoms with Crippen molar-refractivity contribution in [2.24, 2.45) is 0 Å². The summed E-state index contributed by atoms with van der Waals surface area (Å²) in [4.78, 5) is 25.5. The Hall–Kier alpha value is -4.21. The van der Waals surface area contributed by atoms with Gasteiger partial charge in [-0.3, -0.25) is 4.79 Å². The van der Waals surface area contributed by atoms with Crippen molar-refractivity contribution in [2.75, 3.05) is 13.7 Å². The van der Waals surface area contributed by atoms with Crippen LogP contribution in [0.25, 0.3) is 11.1 Å². The van der Waals surface area contributed by atoms with Gasteiger partial charge < -0.3 is 25.2 Å². The standard InChI is InChI=1S/C27H27F3N2O5/c1-3-32(26(36)31-15-17-4-8-21(33)9-5-17)16-19-14-20(27(28,29)30)7-10-22(19)23-12-18(13-25(34)35)6-11-24(23)37-2/h4-12,14,33H,3,13,15-16H2,1-2H3,(H,31,36)(H,34,35). The van der Waals surface area contributed by atoms with Crippen LogP contribution in [0.2, 0.25) is 0 Å². The molecule has 0 aliphatic heterocycles. The van der Waals surface area contributed by atoms with Crippen LogP contribution in [0.3, 0.4) is 0 Å². The van der Waals surface area contributed by atoms with Crippen LogP contribution in [0.15, 0.2) is 60.7 Å². The van der Waals surface area contributed by atoms with Crippen LogP contribution in [0, 0.1) is 0 Å². The number of benzene rings is 3. The zero-order valence-corrected chi connectivity index (χ0v) is 20.3. The van der Waals surface area contributed by atoms with Crippen LogP contribution in [-0.4, -0.2) is 40.8 Å². The first-order chi connectivity index (χ1) is 17.5. The quantitative estimate of drug-likeness (QED) is 0.352. The number of nitrogens with one attached hydrogen (secondary N) is 1. The molecule has 0 atom stereocenters. The highest BCUT2D eigenvalue weighted by Crippen LogP contribution is 2.38. The molecule has 196 valence electrons. The van der Waals surface area contributed by atoms with Crippen LogP contribution in [0.4, 0.5) is 18.0 Å². The summed E-state index contributed by atoms with van der Waals surface area (Å²) in [5.41, 5.74) is 1.36. The number of carboxylic acid groups (broad SMARTS) is 1. The van der Waals surface area contributed by atoms with Gasteiger partial charge in [0.2, 0.25) is 0 Å². The second-order valence-corrected chi connectivity index (χ2v) is 8.31. The van der Waals surface area contributed by atoms with Gasteiger partial charge in [0.15, 0.2) is 0 Å². The molecule has 0 saturated heterocycles. The molecule has 0 unspecified atom stereocenters. The molecule has 3 aromatic rings. The predicted molar refractivity (Wildman–Crippen MR) is 131 cm³/mol. The molecule has 0 saturated carbocycles. The highest BCUT2D eigenvalue weighted by atomic mass is 19.4. The minimum Gasteiger partial charge on any atom is -0.508 e. The number of rotatable bonds is 9. The van der Waals surface area contributed by atoms with Gasteiger partial charge in [-0.1, -0.05) is 24.3 Å². The number of aromatic hydroxyl groups is 1. The maximum atomic E-state index is 13.6. The second kappa shape index (κ2) is 11.7. The van der Waals surface area contributed by atoms with Gasteiger partial charge in [-0.2, -0.15) is 13.2 Å². The Balaban J connectivity index is 1.97. The van der Waals surface area contributed by atoms with Crippen molar-refractivity contribution in [2.45, 2.75) is 32.6 Å². The smallest absolute Gasteiger partial charge is 0.416 e. The van der Waals surface area contributed by atoms with E-state index in [1.165, 1.54) is 30.2 Å². The van der Waals surface area contributed by atoms with Crippen LogP contribution in [-0.2, 0) is 30.5 Å². The van der Waals surface area contributed by atoms with Gasteiger partial charge in [-0.05, 0) is 65.6 Å². The molecule has 0 radical (unpaired) electrons. The summed E-state index contributed by atoms with van der Waals surface area (Å²) in [5.74, 6) is -0.605. The number of nitrogens with zero attached hydrogens (tertiary/aromatic N) is 1. The van der Waals surface area contributed by atoms with Gasteiger partial charge in [0.25, 0.3) is 0 Å². The number of hydrogen-bond acceptors (Lipinski definition) is 4. The molecule has 37 heavy (non-hydrogen) atoms. The summed E-state index contributed by atoms with van der Waals surface area (Å²) < 4.78 is 46.1. The fourth-order valence-electron chi connectivity index (χ4n) is 3.85. The van der Waals surface area contributed by atoms with Crippen LogP contribution in [0.1, 0.15) is 29.2 Å². The summed E-state index contributed by atoms with van der Waals surface area (Å²) >= 11 is 0. The van der Waals surface area contributed by atoms with Gasteiger partial charge in [0.1, 0.15) is 11.5 Å². The molecular formula is C27H27F3N2O5. The number of ether oxygens (including phenoxy) is 1. The number of carboxylic acids is 1. The number of hydrogen-bond donors (Lipinski definition) is 3. The minimum atomic E-state index is -4.60. The number of alkyl halides is 3. The van der Waals surface area contributed by atoms with Crippen molar-refractivity contribution >= 4 is 12.0 Å². The van der Waals surface area contributed by atoms with E-state index in [2.05, 4.69) is 5.32 Å². The van der Waals surface area contributed by atoms with Crippen molar-refractivity contribution in [3.63, 3.8) is 0 Å². The molecule has 0 heterocycles. The maximum Gasteiger partial charge on any atom is 0.416 e. The minimum absolute atomic E-state index is 0.0881. The first-order valence-electron chi connectivity index (χ1n) is 11.4. The lowest BCUT2D eigenvalue weighted by Crippen LogP contribution is -2.39. The number of aliphatic carboxylic acids is 1. The van der Waals surface area contributed by atoms with Crippen molar-refractivity contribution in [3.8, 4) is 22.6 Å². The molecule has 0 fully saturated rings. The number of amides is 2. The first-order valence-corrected chi connectivity index (χ1v) is 11.4. The fraction of sp³-hybridized carbons (Fsp3) is 0.259. The van der Waals surface area contributed by atoms with E-state index in [1.54, 1.807) is 37.3 Å². The zero-order chi connectivity index (χ0) is 27.2. The summed E-state index contributed by atoms with van der Waals surface area (Å²) in [6, 6.07) is 13.7. The van der Waals surface area contributed by atoms with E-state index in [0.717, 1.165) is 17.7 Å². The number of carbonyl (C=O) groups is 2. The number of methoxy groups -OCH3 is 1. The Morgan fingerprint density at radius 3 is 2.24 bits per heavy atom. The maximum absolute atomic E-state index is 13.6. The molecule has 10 heteroatoms. The SMILES string of the molecule is CCN(Cc1cc(C(F)(F)F)ccc1-c1cc(CC(=O)O)ccc1OC)C(=O)NCc1ccc(O)cc1. The van der Waals surface area contributed by atoms with Crippen molar-refractivity contribution in [3.05, 3.63) is 82.9 Å². The van der Waals surface area contributed by atoms with E-state index < -0.39 is 23.7 Å². The summed E-state index contributed by atoms with van der Waals surface area (Å²) in [5, 5.41) is 21.3. The van der Waals surface area contributed by atoms with E-state index in [-0.39, 0.29) is 37.4 Å². The third kappa shape index (κ3) is 7.16. The Bertz CT molecular complexity index is 1260. The third-order valence-corrected chi connectivity index (χ3v) is 5.75. The van der Waals surface area contributed by atoms with Crippen molar-refractivity contribution < 1.29 is 37.7 Å². The number of phenolic OH excluding ortho intramolecular Hbond substituents is 1. The van der Waals surface area contributed by atoms with Gasteiger partial charge in [-0.15, -0.1) is 0 Å². The van der Waals surface area contributed by atoms with Gasteiger partial charge in [0, 0.05) is 25.2 Å². The van der Waals surface area contributed by atoms with E-state index in [4.69, 9.17) is 4.74 Å². The van der Waals surface area contributed by atoms with Crippen molar-refractivity contribution in [1.82, 2.24) is 10.2 Å². The molecule has 0 aliphatic rings. The normalized spacial score (nSPS) is 11.2. The second-order valence-electron chi connectivity index (χ2n) is 8.31. The Kier molecular flexibility index (Phi) is 8.65. The molecule has 0 spiro atoms. The average molecular weight is 517 g/mol. The van der Waals surface area contributed by atoms with Gasteiger partial charge >= 0.3 is 18.2 Å². The number of urea groups is 1. The van der Waals surface area contributed by atoms with Crippen LogP contribution < -0.4 is 10.1 Å². The topological polar surface area (TPSA) is 99.1 Å². The van der Waals surface area contributed by atoms with E-state index in [1.807, 2.05) is 0 Å². The monoisotopic (exact) mass is 516 g/mol. The molecule has 3 N–H and O–H groups in total. The number of carbonyl (C=O) groups excluding carboxylic acids is 1. The van der Waals surface area contributed by atoms with E-state index >= 15 is 0 Å². The third-order valence-electron chi connectivity index (χ3n) is 5.75. The molecule has 3 rings (SSSR count). The molecule has 0 aliphatic carbocycles.